The van der Waals surface area contributed by atoms with Crippen LogP contribution in [0.5, 0.6) is 0 Å². The third-order valence-electron chi connectivity index (χ3n) is 3.45. The average Bonchev–Trinajstić information content (AvgIpc) is 2.40. The Balaban J connectivity index is 1.71. The van der Waals surface area contributed by atoms with Gasteiger partial charge in [-0.1, -0.05) is 25.1 Å². The van der Waals surface area contributed by atoms with Gasteiger partial charge >= 0.3 is 0 Å². The van der Waals surface area contributed by atoms with Gasteiger partial charge in [0.25, 0.3) is 0 Å². The summed E-state index contributed by atoms with van der Waals surface area (Å²) < 4.78 is 0. The second-order valence-corrected chi connectivity index (χ2v) is 5.13. The molecule has 18 heavy (non-hydrogen) atoms. The van der Waals surface area contributed by atoms with Crippen molar-refractivity contribution in [2.24, 2.45) is 5.92 Å². The minimum absolute atomic E-state index is 0.282. The number of hydrogen-bond acceptors (Lipinski definition) is 2. The molecule has 1 aromatic carbocycles. The van der Waals surface area contributed by atoms with Crippen molar-refractivity contribution in [2.45, 2.75) is 26.2 Å². The number of piperidine rings is 1. The lowest BCUT2D eigenvalue weighted by Gasteiger charge is -2.31. The van der Waals surface area contributed by atoms with Crippen LogP contribution in [0.15, 0.2) is 30.3 Å². The van der Waals surface area contributed by atoms with Crippen LogP contribution in [-0.2, 0) is 4.79 Å². The molecule has 3 heteroatoms. The van der Waals surface area contributed by atoms with E-state index in [1.165, 1.54) is 6.42 Å². The topological polar surface area (TPSA) is 32.3 Å². The fourth-order valence-corrected chi connectivity index (χ4v) is 2.44. The van der Waals surface area contributed by atoms with Crippen LogP contribution in [0.1, 0.15) is 26.2 Å². The monoisotopic (exact) mass is 246 g/mol. The summed E-state index contributed by atoms with van der Waals surface area (Å²) in [7, 11) is 0. The SMILES string of the molecule is CC1CCCN(C(=O)CCNc2ccccc2)C1. The zero-order valence-corrected chi connectivity index (χ0v) is 11.1. The molecule has 1 heterocycles. The number of likely N-dealkylation sites (tertiary alicyclic amines) is 1. The Morgan fingerprint density at radius 2 is 2.17 bits per heavy atom. The van der Waals surface area contributed by atoms with Gasteiger partial charge in [-0.15, -0.1) is 0 Å². The summed E-state index contributed by atoms with van der Waals surface area (Å²) in [6.45, 7) is 4.81. The fraction of sp³-hybridized carbons (Fsp3) is 0.533. The van der Waals surface area contributed by atoms with Gasteiger partial charge in [-0.25, -0.2) is 0 Å². The third-order valence-corrected chi connectivity index (χ3v) is 3.45. The van der Waals surface area contributed by atoms with Crippen molar-refractivity contribution in [2.75, 3.05) is 25.0 Å². The first-order chi connectivity index (χ1) is 8.75. The highest BCUT2D eigenvalue weighted by Crippen LogP contribution is 2.16. The van der Waals surface area contributed by atoms with E-state index >= 15 is 0 Å². The van der Waals surface area contributed by atoms with Crippen molar-refractivity contribution < 1.29 is 4.79 Å². The molecule has 1 atom stereocenters. The van der Waals surface area contributed by atoms with E-state index in [-0.39, 0.29) is 5.91 Å². The molecule has 1 N–H and O–H groups in total. The van der Waals surface area contributed by atoms with Crippen LogP contribution in [-0.4, -0.2) is 30.4 Å². The third kappa shape index (κ3) is 3.76. The lowest BCUT2D eigenvalue weighted by molar-refractivity contribution is -0.132. The molecule has 1 saturated heterocycles. The minimum Gasteiger partial charge on any atom is -0.385 e. The number of carbonyl (C=O) groups is 1. The maximum absolute atomic E-state index is 12.0. The summed E-state index contributed by atoms with van der Waals surface area (Å²) in [5, 5.41) is 3.28. The summed E-state index contributed by atoms with van der Waals surface area (Å²) >= 11 is 0. The summed E-state index contributed by atoms with van der Waals surface area (Å²) in [4.78, 5) is 14.0. The van der Waals surface area contributed by atoms with Crippen molar-refractivity contribution in [3.63, 3.8) is 0 Å². The van der Waals surface area contributed by atoms with E-state index < -0.39 is 0 Å². The van der Waals surface area contributed by atoms with Crippen molar-refractivity contribution in [3.05, 3.63) is 30.3 Å². The van der Waals surface area contributed by atoms with E-state index in [4.69, 9.17) is 0 Å². The van der Waals surface area contributed by atoms with Gasteiger partial charge in [-0.05, 0) is 30.9 Å². The first-order valence-corrected chi connectivity index (χ1v) is 6.82. The fourth-order valence-electron chi connectivity index (χ4n) is 2.44. The largest absolute Gasteiger partial charge is 0.385 e. The molecule has 3 nitrogen and oxygen atoms in total. The molecule has 0 aliphatic carbocycles. The summed E-state index contributed by atoms with van der Waals surface area (Å²) in [6.07, 6.45) is 2.99. The average molecular weight is 246 g/mol. The first-order valence-electron chi connectivity index (χ1n) is 6.82. The van der Waals surface area contributed by atoms with E-state index in [1.54, 1.807) is 0 Å². The molecule has 0 spiro atoms. The van der Waals surface area contributed by atoms with Gasteiger partial charge in [0, 0.05) is 31.7 Å². The molecule has 0 saturated carbocycles. The van der Waals surface area contributed by atoms with Crippen molar-refractivity contribution >= 4 is 11.6 Å². The van der Waals surface area contributed by atoms with Crippen molar-refractivity contribution in [1.29, 1.82) is 0 Å². The molecule has 1 fully saturated rings. The number of nitrogens with one attached hydrogen (secondary N) is 1. The molecule has 1 unspecified atom stereocenters. The summed E-state index contributed by atoms with van der Waals surface area (Å²) in [6, 6.07) is 10.0. The predicted molar refractivity (Wildman–Crippen MR) is 74.5 cm³/mol. The van der Waals surface area contributed by atoms with E-state index in [0.717, 1.165) is 25.2 Å². The van der Waals surface area contributed by atoms with Gasteiger partial charge in [0.2, 0.25) is 5.91 Å². The Bertz CT molecular complexity index is 377. The Morgan fingerprint density at radius 3 is 2.89 bits per heavy atom. The van der Waals surface area contributed by atoms with Crippen LogP contribution in [0.25, 0.3) is 0 Å². The molecule has 1 aromatic rings. The second kappa shape index (κ2) is 6.43. The summed E-state index contributed by atoms with van der Waals surface area (Å²) in [5.74, 6) is 0.940. The quantitative estimate of drug-likeness (QED) is 0.886. The number of nitrogens with zero attached hydrogens (tertiary/aromatic N) is 1. The van der Waals surface area contributed by atoms with Crippen LogP contribution in [0, 0.1) is 5.92 Å². The second-order valence-electron chi connectivity index (χ2n) is 5.13. The molecule has 98 valence electrons. The molecule has 0 radical (unpaired) electrons. The smallest absolute Gasteiger partial charge is 0.224 e. The van der Waals surface area contributed by atoms with Crippen molar-refractivity contribution in [3.8, 4) is 0 Å². The highest BCUT2D eigenvalue weighted by Gasteiger charge is 2.20. The predicted octanol–water partition coefficient (Wildman–Crippen LogP) is 2.75. The van der Waals surface area contributed by atoms with E-state index in [0.29, 0.717) is 18.9 Å². The maximum atomic E-state index is 12.0. The highest BCUT2D eigenvalue weighted by molar-refractivity contribution is 5.76. The van der Waals surface area contributed by atoms with Gasteiger partial charge in [-0.2, -0.15) is 0 Å². The number of rotatable bonds is 4. The Hall–Kier alpha value is -1.51. The number of benzene rings is 1. The maximum Gasteiger partial charge on any atom is 0.224 e. The van der Waals surface area contributed by atoms with E-state index in [9.17, 15) is 4.79 Å². The number of carbonyl (C=O) groups excluding carboxylic acids is 1. The van der Waals surface area contributed by atoms with Gasteiger partial charge in [0.15, 0.2) is 0 Å². The Labute approximate surface area is 109 Å². The standard InChI is InChI=1S/C15H22N2O/c1-13-6-5-11-17(12-13)15(18)9-10-16-14-7-3-2-4-8-14/h2-4,7-8,13,16H,5-6,9-12H2,1H3. The highest BCUT2D eigenvalue weighted by atomic mass is 16.2. The van der Waals surface area contributed by atoms with Crippen LogP contribution in [0.2, 0.25) is 0 Å². The number of amides is 1. The molecule has 0 aromatic heterocycles. The number of para-hydroxylation sites is 1. The normalized spacial score (nSPS) is 19.6. The lowest BCUT2D eigenvalue weighted by Crippen LogP contribution is -2.39. The first kappa shape index (κ1) is 12.9. The molecular weight excluding hydrogens is 224 g/mol. The lowest BCUT2D eigenvalue weighted by atomic mass is 10.00. The molecular formula is C15H22N2O. The molecule has 1 aliphatic heterocycles. The Morgan fingerprint density at radius 1 is 1.39 bits per heavy atom. The van der Waals surface area contributed by atoms with Crippen LogP contribution >= 0.6 is 0 Å². The van der Waals surface area contributed by atoms with E-state index in [1.807, 2.05) is 35.2 Å². The van der Waals surface area contributed by atoms with Gasteiger partial charge in [0.05, 0.1) is 0 Å². The minimum atomic E-state index is 0.282. The molecule has 1 amide bonds. The van der Waals surface area contributed by atoms with Crippen LogP contribution in [0.3, 0.4) is 0 Å². The van der Waals surface area contributed by atoms with Crippen LogP contribution < -0.4 is 5.32 Å². The van der Waals surface area contributed by atoms with Crippen LogP contribution in [0.4, 0.5) is 5.69 Å². The van der Waals surface area contributed by atoms with Crippen molar-refractivity contribution in [1.82, 2.24) is 4.90 Å². The number of anilines is 1. The zero-order valence-electron chi connectivity index (χ0n) is 11.1. The molecule has 0 bridgehead atoms. The van der Waals surface area contributed by atoms with Gasteiger partial charge in [-0.3, -0.25) is 4.79 Å². The zero-order chi connectivity index (χ0) is 12.8. The molecule has 2 rings (SSSR count). The van der Waals surface area contributed by atoms with E-state index in [2.05, 4.69) is 12.2 Å². The Kier molecular flexibility index (Phi) is 4.62. The summed E-state index contributed by atoms with van der Waals surface area (Å²) in [5.41, 5.74) is 1.08. The number of hydrogen-bond donors (Lipinski definition) is 1. The molecule has 1 aliphatic rings. The van der Waals surface area contributed by atoms with Gasteiger partial charge in [0.1, 0.15) is 0 Å². The van der Waals surface area contributed by atoms with Gasteiger partial charge < -0.3 is 10.2 Å².